The Bertz CT molecular complexity index is 455. The molecule has 0 saturated carbocycles. The minimum absolute atomic E-state index is 0.0830. The highest BCUT2D eigenvalue weighted by Gasteiger charge is 2.22. The Labute approximate surface area is 127 Å². The summed E-state index contributed by atoms with van der Waals surface area (Å²) in [4.78, 5) is 14.6. The van der Waals surface area contributed by atoms with Crippen LogP contribution in [0.25, 0.3) is 0 Å². The van der Waals surface area contributed by atoms with E-state index in [4.69, 9.17) is 0 Å². The topological polar surface area (TPSA) is 44.4 Å². The van der Waals surface area contributed by atoms with Crippen LogP contribution in [0, 0.1) is 6.92 Å². The number of piperidine rings is 1. The first-order valence-electron chi connectivity index (χ1n) is 8.00. The highest BCUT2D eigenvalue weighted by molar-refractivity contribution is 5.92. The number of anilines is 1. The van der Waals surface area contributed by atoms with E-state index in [0.29, 0.717) is 12.6 Å². The van der Waals surface area contributed by atoms with E-state index in [1.54, 1.807) is 0 Å². The molecule has 21 heavy (non-hydrogen) atoms. The molecule has 1 aliphatic rings. The molecule has 1 saturated heterocycles. The Balaban J connectivity index is 1.91. The zero-order valence-electron chi connectivity index (χ0n) is 13.2. The molecule has 1 aliphatic heterocycles. The summed E-state index contributed by atoms with van der Waals surface area (Å²) in [6.45, 7) is 7.76. The number of nitrogens with one attached hydrogen (secondary N) is 2. The number of nitrogens with zero attached hydrogens (tertiary/aromatic N) is 1. The van der Waals surface area contributed by atoms with Crippen molar-refractivity contribution in [2.75, 3.05) is 31.5 Å². The number of carbonyl (C=O) groups excluding carboxylic acids is 1. The van der Waals surface area contributed by atoms with Gasteiger partial charge in [-0.3, -0.25) is 9.69 Å². The zero-order chi connectivity index (χ0) is 15.1. The number of amides is 1. The second-order valence-electron chi connectivity index (χ2n) is 5.89. The van der Waals surface area contributed by atoms with Gasteiger partial charge in [-0.15, -0.1) is 0 Å². The van der Waals surface area contributed by atoms with Crippen LogP contribution in [-0.2, 0) is 4.79 Å². The van der Waals surface area contributed by atoms with Gasteiger partial charge in [0.2, 0.25) is 5.91 Å². The van der Waals surface area contributed by atoms with Gasteiger partial charge in [0.05, 0.1) is 6.54 Å². The molecule has 0 bridgehead atoms. The van der Waals surface area contributed by atoms with Crippen molar-refractivity contribution in [3.05, 3.63) is 29.8 Å². The van der Waals surface area contributed by atoms with E-state index in [9.17, 15) is 4.79 Å². The largest absolute Gasteiger partial charge is 0.325 e. The van der Waals surface area contributed by atoms with E-state index in [1.165, 1.54) is 12.8 Å². The quantitative estimate of drug-likeness (QED) is 0.845. The van der Waals surface area contributed by atoms with Gasteiger partial charge in [-0.05, 0) is 57.0 Å². The van der Waals surface area contributed by atoms with E-state index >= 15 is 0 Å². The van der Waals surface area contributed by atoms with Gasteiger partial charge < -0.3 is 10.6 Å². The number of rotatable bonds is 6. The monoisotopic (exact) mass is 289 g/mol. The number of hydrogen-bond donors (Lipinski definition) is 2. The maximum Gasteiger partial charge on any atom is 0.238 e. The van der Waals surface area contributed by atoms with Crippen molar-refractivity contribution in [3.8, 4) is 0 Å². The molecular formula is C17H27N3O. The van der Waals surface area contributed by atoms with Crippen molar-refractivity contribution in [1.29, 1.82) is 0 Å². The molecule has 0 aromatic heterocycles. The molecule has 1 fully saturated rings. The number of carbonyl (C=O) groups is 1. The molecule has 4 nitrogen and oxygen atoms in total. The lowest BCUT2D eigenvalue weighted by molar-refractivity contribution is -0.118. The molecule has 0 aliphatic carbocycles. The Morgan fingerprint density at radius 2 is 2.33 bits per heavy atom. The Kier molecular flexibility index (Phi) is 6.21. The predicted molar refractivity (Wildman–Crippen MR) is 87.6 cm³/mol. The predicted octanol–water partition coefficient (Wildman–Crippen LogP) is 2.40. The smallest absolute Gasteiger partial charge is 0.238 e. The van der Waals surface area contributed by atoms with Crippen molar-refractivity contribution in [2.45, 2.75) is 39.2 Å². The summed E-state index contributed by atoms with van der Waals surface area (Å²) >= 11 is 0. The highest BCUT2D eigenvalue weighted by atomic mass is 16.2. The molecule has 116 valence electrons. The summed E-state index contributed by atoms with van der Waals surface area (Å²) in [5.41, 5.74) is 2.05. The molecule has 1 aromatic carbocycles. The summed E-state index contributed by atoms with van der Waals surface area (Å²) in [5, 5.41) is 6.44. The third-order valence-corrected chi connectivity index (χ3v) is 3.95. The number of aryl methyl sites for hydroxylation is 1. The van der Waals surface area contributed by atoms with Crippen LogP contribution in [0.5, 0.6) is 0 Å². The lowest BCUT2D eigenvalue weighted by Gasteiger charge is -2.34. The van der Waals surface area contributed by atoms with Crippen molar-refractivity contribution < 1.29 is 4.79 Å². The Morgan fingerprint density at radius 3 is 3.00 bits per heavy atom. The molecule has 1 heterocycles. The standard InChI is InChI=1S/C17H27N3O/c1-3-10-20(16-8-5-9-18-12-16)13-17(21)19-15-7-4-6-14(2)11-15/h4,6-7,11,16,18H,3,5,8-10,12-13H2,1-2H3,(H,19,21). The van der Waals surface area contributed by atoms with Crippen molar-refractivity contribution in [3.63, 3.8) is 0 Å². The van der Waals surface area contributed by atoms with Gasteiger partial charge in [0.25, 0.3) is 0 Å². The van der Waals surface area contributed by atoms with Gasteiger partial charge in [-0.25, -0.2) is 0 Å². The molecule has 2 rings (SSSR count). The molecule has 1 unspecified atom stereocenters. The van der Waals surface area contributed by atoms with Crippen molar-refractivity contribution in [1.82, 2.24) is 10.2 Å². The second kappa shape index (κ2) is 8.15. The van der Waals surface area contributed by atoms with Gasteiger partial charge in [0, 0.05) is 18.3 Å². The van der Waals surface area contributed by atoms with E-state index < -0.39 is 0 Å². The van der Waals surface area contributed by atoms with Crippen LogP contribution in [0.2, 0.25) is 0 Å². The first-order valence-corrected chi connectivity index (χ1v) is 8.00. The number of hydrogen-bond acceptors (Lipinski definition) is 3. The van der Waals surface area contributed by atoms with E-state index in [0.717, 1.165) is 37.3 Å². The first-order chi connectivity index (χ1) is 10.2. The molecule has 1 aromatic rings. The SMILES string of the molecule is CCCN(CC(=O)Nc1cccc(C)c1)C1CCCNC1. The summed E-state index contributed by atoms with van der Waals surface area (Å²) in [6.07, 6.45) is 3.46. The second-order valence-corrected chi connectivity index (χ2v) is 5.89. The van der Waals surface area contributed by atoms with Crippen LogP contribution < -0.4 is 10.6 Å². The Hall–Kier alpha value is -1.39. The molecular weight excluding hydrogens is 262 g/mol. The fourth-order valence-corrected chi connectivity index (χ4v) is 2.93. The summed E-state index contributed by atoms with van der Waals surface area (Å²) in [6, 6.07) is 8.44. The fraction of sp³-hybridized carbons (Fsp3) is 0.588. The van der Waals surface area contributed by atoms with Gasteiger partial charge in [-0.2, -0.15) is 0 Å². The van der Waals surface area contributed by atoms with Crippen molar-refractivity contribution >= 4 is 11.6 Å². The number of benzene rings is 1. The maximum atomic E-state index is 12.3. The molecule has 2 N–H and O–H groups in total. The summed E-state index contributed by atoms with van der Waals surface area (Å²) in [5.74, 6) is 0.0830. The summed E-state index contributed by atoms with van der Waals surface area (Å²) in [7, 11) is 0. The van der Waals surface area contributed by atoms with E-state index in [1.807, 2.05) is 31.2 Å². The first kappa shape index (κ1) is 16.0. The Morgan fingerprint density at radius 1 is 1.48 bits per heavy atom. The lowest BCUT2D eigenvalue weighted by Crippen LogP contribution is -2.48. The average molecular weight is 289 g/mol. The summed E-state index contributed by atoms with van der Waals surface area (Å²) < 4.78 is 0. The zero-order valence-corrected chi connectivity index (χ0v) is 13.2. The molecule has 0 radical (unpaired) electrons. The van der Waals surface area contributed by atoms with Gasteiger partial charge in [0.15, 0.2) is 0 Å². The minimum atomic E-state index is 0.0830. The third-order valence-electron chi connectivity index (χ3n) is 3.95. The highest BCUT2D eigenvalue weighted by Crippen LogP contribution is 2.13. The minimum Gasteiger partial charge on any atom is -0.325 e. The van der Waals surface area contributed by atoms with Gasteiger partial charge in [0.1, 0.15) is 0 Å². The normalized spacial score (nSPS) is 18.7. The van der Waals surface area contributed by atoms with Crippen molar-refractivity contribution in [2.24, 2.45) is 0 Å². The van der Waals surface area contributed by atoms with Crippen LogP contribution in [0.15, 0.2) is 24.3 Å². The third kappa shape index (κ3) is 5.14. The molecule has 0 spiro atoms. The molecule has 1 atom stereocenters. The molecule has 1 amide bonds. The maximum absolute atomic E-state index is 12.3. The lowest BCUT2D eigenvalue weighted by atomic mass is 10.1. The van der Waals surface area contributed by atoms with Crippen LogP contribution in [0.4, 0.5) is 5.69 Å². The fourth-order valence-electron chi connectivity index (χ4n) is 2.93. The van der Waals surface area contributed by atoms with Crippen LogP contribution in [0.3, 0.4) is 0 Å². The average Bonchev–Trinajstić information content (AvgIpc) is 2.47. The molecule has 4 heteroatoms. The van der Waals surface area contributed by atoms with Gasteiger partial charge in [-0.1, -0.05) is 19.1 Å². The van der Waals surface area contributed by atoms with Crippen LogP contribution in [0.1, 0.15) is 31.7 Å². The van der Waals surface area contributed by atoms with Gasteiger partial charge >= 0.3 is 0 Å². The van der Waals surface area contributed by atoms with E-state index in [2.05, 4.69) is 22.5 Å². The van der Waals surface area contributed by atoms with Crippen LogP contribution >= 0.6 is 0 Å². The van der Waals surface area contributed by atoms with Crippen LogP contribution in [-0.4, -0.2) is 43.0 Å². The van der Waals surface area contributed by atoms with E-state index in [-0.39, 0.29) is 5.91 Å².